The zero-order valence-corrected chi connectivity index (χ0v) is 10.8. The Hall–Kier alpha value is -1.79. The zero-order chi connectivity index (χ0) is 12.7. The molecule has 0 aliphatic heterocycles. The number of hydrogen-bond acceptors (Lipinski definition) is 3. The molecule has 0 fully saturated rings. The number of nitrogens with one attached hydrogen (secondary N) is 2. The molecular formula is C12H10BrN3O2. The van der Waals surface area contributed by atoms with Crippen molar-refractivity contribution >= 4 is 27.0 Å². The molecule has 0 bridgehead atoms. The van der Waals surface area contributed by atoms with Gasteiger partial charge in [0.25, 0.3) is 0 Å². The first-order chi connectivity index (χ1) is 8.65. The van der Waals surface area contributed by atoms with Gasteiger partial charge in [-0.15, -0.1) is 0 Å². The van der Waals surface area contributed by atoms with Crippen LogP contribution in [0.25, 0.3) is 11.0 Å². The topological polar surface area (TPSA) is 87.8 Å². The van der Waals surface area contributed by atoms with Crippen molar-refractivity contribution in [2.75, 3.05) is 0 Å². The summed E-state index contributed by atoms with van der Waals surface area (Å²) in [6.07, 6.45) is 1.58. The maximum atomic E-state index is 11.2. The second-order valence-corrected chi connectivity index (χ2v) is 4.73. The normalized spacial score (nSPS) is 13.0. The fourth-order valence-corrected chi connectivity index (χ4v) is 2.44. The summed E-state index contributed by atoms with van der Waals surface area (Å²) in [6, 6.07) is 7.09. The highest BCUT2D eigenvalue weighted by molar-refractivity contribution is 9.10. The van der Waals surface area contributed by atoms with Crippen LogP contribution in [0.15, 0.2) is 44.4 Å². The van der Waals surface area contributed by atoms with Crippen LogP contribution >= 0.6 is 15.9 Å². The van der Waals surface area contributed by atoms with E-state index in [1.54, 1.807) is 6.26 Å². The molecule has 1 unspecified atom stereocenters. The number of halogens is 1. The van der Waals surface area contributed by atoms with Gasteiger partial charge in [0.2, 0.25) is 0 Å². The molecule has 0 aliphatic carbocycles. The third kappa shape index (κ3) is 1.79. The Kier molecular flexibility index (Phi) is 2.61. The van der Waals surface area contributed by atoms with E-state index in [1.807, 2.05) is 24.3 Å². The van der Waals surface area contributed by atoms with Crippen molar-refractivity contribution in [2.24, 2.45) is 5.73 Å². The molecule has 6 heteroatoms. The molecule has 2 aromatic heterocycles. The molecule has 92 valence electrons. The summed E-state index contributed by atoms with van der Waals surface area (Å²) in [6.45, 7) is 0. The summed E-state index contributed by atoms with van der Waals surface area (Å²) in [5, 5.41) is 0. The molecule has 2 heterocycles. The zero-order valence-electron chi connectivity index (χ0n) is 9.24. The number of aromatic nitrogens is 2. The summed E-state index contributed by atoms with van der Waals surface area (Å²) < 4.78 is 5.79. The van der Waals surface area contributed by atoms with Crippen LogP contribution in [0.2, 0.25) is 0 Å². The van der Waals surface area contributed by atoms with E-state index in [2.05, 4.69) is 25.9 Å². The smallest absolute Gasteiger partial charge is 0.323 e. The lowest BCUT2D eigenvalue weighted by atomic mass is 10.0. The number of hydrogen-bond donors (Lipinski definition) is 3. The molecular weight excluding hydrogens is 298 g/mol. The first kappa shape index (κ1) is 11.3. The molecule has 5 nitrogen and oxygen atoms in total. The molecule has 0 radical (unpaired) electrons. The van der Waals surface area contributed by atoms with Gasteiger partial charge in [-0.3, -0.25) is 0 Å². The molecule has 0 spiro atoms. The quantitative estimate of drug-likeness (QED) is 0.678. The number of imidazole rings is 1. The third-order valence-corrected chi connectivity index (χ3v) is 3.53. The van der Waals surface area contributed by atoms with E-state index < -0.39 is 0 Å². The summed E-state index contributed by atoms with van der Waals surface area (Å²) in [7, 11) is 0. The standard InChI is InChI=1S/C12H10BrN3O2/c13-11-7(3-4-18-11)10(14)6-1-2-8-9(5-6)16-12(17)15-8/h1-5,10H,14H2,(H2,15,16,17). The lowest BCUT2D eigenvalue weighted by molar-refractivity contribution is 0.534. The highest BCUT2D eigenvalue weighted by Crippen LogP contribution is 2.28. The van der Waals surface area contributed by atoms with Gasteiger partial charge in [-0.2, -0.15) is 0 Å². The Balaban J connectivity index is 2.09. The number of rotatable bonds is 2. The highest BCUT2D eigenvalue weighted by atomic mass is 79.9. The predicted molar refractivity (Wildman–Crippen MR) is 71.4 cm³/mol. The van der Waals surface area contributed by atoms with Gasteiger partial charge in [0.1, 0.15) is 0 Å². The molecule has 1 atom stereocenters. The van der Waals surface area contributed by atoms with Crippen molar-refractivity contribution in [3.05, 3.63) is 56.8 Å². The molecule has 1 aromatic carbocycles. The Morgan fingerprint density at radius 2 is 2.00 bits per heavy atom. The van der Waals surface area contributed by atoms with E-state index in [9.17, 15) is 4.79 Å². The van der Waals surface area contributed by atoms with E-state index in [0.717, 1.165) is 22.2 Å². The molecule has 0 saturated heterocycles. The van der Waals surface area contributed by atoms with E-state index in [-0.39, 0.29) is 11.7 Å². The van der Waals surface area contributed by atoms with Crippen LogP contribution < -0.4 is 11.4 Å². The van der Waals surface area contributed by atoms with Gasteiger partial charge < -0.3 is 20.1 Å². The van der Waals surface area contributed by atoms with Crippen molar-refractivity contribution in [3.63, 3.8) is 0 Å². The highest BCUT2D eigenvalue weighted by Gasteiger charge is 2.15. The Labute approximate surface area is 110 Å². The molecule has 3 aromatic rings. The molecule has 4 N–H and O–H groups in total. The minimum absolute atomic E-state index is 0.222. The van der Waals surface area contributed by atoms with Crippen molar-refractivity contribution in [2.45, 2.75) is 6.04 Å². The fourth-order valence-electron chi connectivity index (χ4n) is 1.95. The maximum absolute atomic E-state index is 11.2. The molecule has 0 aliphatic rings. The van der Waals surface area contributed by atoms with Crippen molar-refractivity contribution < 1.29 is 4.42 Å². The summed E-state index contributed by atoms with van der Waals surface area (Å²) in [5.41, 5.74) is 9.22. The first-order valence-corrected chi connectivity index (χ1v) is 6.15. The lowest BCUT2D eigenvalue weighted by Crippen LogP contribution is -2.11. The van der Waals surface area contributed by atoms with Crippen LogP contribution in [-0.4, -0.2) is 9.97 Å². The number of aromatic amines is 2. The largest absolute Gasteiger partial charge is 0.457 e. The summed E-state index contributed by atoms with van der Waals surface area (Å²) in [4.78, 5) is 16.6. The monoisotopic (exact) mass is 307 g/mol. The van der Waals surface area contributed by atoms with Gasteiger partial charge in [0, 0.05) is 5.56 Å². The number of benzene rings is 1. The Bertz CT molecular complexity index is 756. The average molecular weight is 308 g/mol. The van der Waals surface area contributed by atoms with Gasteiger partial charge >= 0.3 is 5.69 Å². The van der Waals surface area contributed by atoms with Crippen molar-refractivity contribution in [1.82, 2.24) is 9.97 Å². The second kappa shape index (κ2) is 4.15. The van der Waals surface area contributed by atoms with Crippen LogP contribution in [0.5, 0.6) is 0 Å². The SMILES string of the molecule is NC(c1ccc2[nH]c(=O)[nH]c2c1)c1ccoc1Br. The fraction of sp³-hybridized carbons (Fsp3) is 0.0833. The van der Waals surface area contributed by atoms with Crippen LogP contribution in [0.1, 0.15) is 17.2 Å². The Morgan fingerprint density at radius 3 is 2.72 bits per heavy atom. The number of nitrogens with two attached hydrogens (primary N) is 1. The maximum Gasteiger partial charge on any atom is 0.323 e. The van der Waals surface area contributed by atoms with Crippen LogP contribution in [0.4, 0.5) is 0 Å². The predicted octanol–water partition coefficient (Wildman–Crippen LogP) is 2.26. The molecule has 18 heavy (non-hydrogen) atoms. The summed E-state index contributed by atoms with van der Waals surface area (Å²) in [5.74, 6) is 0. The molecule has 3 rings (SSSR count). The van der Waals surface area contributed by atoms with Gasteiger partial charge in [0.15, 0.2) is 4.67 Å². The lowest BCUT2D eigenvalue weighted by Gasteiger charge is -2.10. The van der Waals surface area contributed by atoms with Crippen LogP contribution in [0.3, 0.4) is 0 Å². The molecule has 0 saturated carbocycles. The van der Waals surface area contributed by atoms with Gasteiger partial charge in [-0.1, -0.05) is 6.07 Å². The van der Waals surface area contributed by atoms with E-state index >= 15 is 0 Å². The minimum atomic E-state index is -0.305. The van der Waals surface area contributed by atoms with Crippen molar-refractivity contribution in [3.8, 4) is 0 Å². The van der Waals surface area contributed by atoms with Crippen molar-refractivity contribution in [1.29, 1.82) is 0 Å². The van der Waals surface area contributed by atoms with E-state index in [0.29, 0.717) is 4.67 Å². The van der Waals surface area contributed by atoms with Gasteiger partial charge in [-0.25, -0.2) is 4.79 Å². The van der Waals surface area contributed by atoms with E-state index in [1.165, 1.54) is 0 Å². The minimum Gasteiger partial charge on any atom is -0.457 e. The number of furan rings is 1. The average Bonchev–Trinajstić information content (AvgIpc) is 2.91. The second-order valence-electron chi connectivity index (χ2n) is 4.01. The number of H-pyrrole nitrogens is 2. The van der Waals surface area contributed by atoms with E-state index in [4.69, 9.17) is 10.2 Å². The van der Waals surface area contributed by atoms with Crippen LogP contribution in [0, 0.1) is 0 Å². The van der Waals surface area contributed by atoms with Crippen LogP contribution in [-0.2, 0) is 0 Å². The summed E-state index contributed by atoms with van der Waals surface area (Å²) >= 11 is 3.31. The van der Waals surface area contributed by atoms with Gasteiger partial charge in [0.05, 0.1) is 23.3 Å². The van der Waals surface area contributed by atoms with Gasteiger partial charge in [-0.05, 0) is 39.7 Å². The third-order valence-electron chi connectivity index (χ3n) is 2.88. The number of fused-ring (bicyclic) bond motifs is 1. The molecule has 0 amide bonds. The first-order valence-electron chi connectivity index (χ1n) is 5.35. The Morgan fingerprint density at radius 1 is 1.22 bits per heavy atom.